The van der Waals surface area contributed by atoms with Crippen molar-refractivity contribution in [1.82, 2.24) is 15.5 Å². The molecule has 1 N–H and O–H groups in total. The normalized spacial score (nSPS) is 12.6. The van der Waals surface area contributed by atoms with Crippen molar-refractivity contribution in [2.45, 2.75) is 24.8 Å². The van der Waals surface area contributed by atoms with Gasteiger partial charge in [-0.15, -0.1) is 0 Å². The van der Waals surface area contributed by atoms with Gasteiger partial charge in [-0.3, -0.25) is 4.79 Å². The number of pyridine rings is 1. The van der Waals surface area contributed by atoms with E-state index in [0.717, 1.165) is 17.4 Å². The predicted molar refractivity (Wildman–Crippen MR) is 117 cm³/mol. The van der Waals surface area contributed by atoms with Crippen LogP contribution in [0.4, 0.5) is 0 Å². The molecule has 158 valence electrons. The van der Waals surface area contributed by atoms with Gasteiger partial charge >= 0.3 is 0 Å². The molecule has 2 aromatic heterocycles. The van der Waals surface area contributed by atoms with E-state index in [4.69, 9.17) is 4.52 Å². The van der Waals surface area contributed by atoms with E-state index in [1.54, 1.807) is 25.1 Å². The minimum absolute atomic E-state index is 0.234. The van der Waals surface area contributed by atoms with E-state index in [0.29, 0.717) is 28.1 Å². The summed E-state index contributed by atoms with van der Waals surface area (Å²) < 4.78 is 28.7. The fourth-order valence-corrected chi connectivity index (χ4v) is 4.02. The van der Waals surface area contributed by atoms with Crippen LogP contribution in [0.15, 0.2) is 70.1 Å². The summed E-state index contributed by atoms with van der Waals surface area (Å²) >= 11 is 0. The Labute approximate surface area is 180 Å². The third-order valence-corrected chi connectivity index (χ3v) is 6.22. The highest BCUT2D eigenvalue weighted by molar-refractivity contribution is 7.90. The van der Waals surface area contributed by atoms with Gasteiger partial charge in [-0.05, 0) is 37.6 Å². The minimum Gasteiger partial charge on any atom is -0.345 e. The van der Waals surface area contributed by atoms with Crippen LogP contribution in [0.1, 0.15) is 34.6 Å². The number of nitrogens with zero attached hydrogens (tertiary/aromatic N) is 2. The Balaban J connectivity index is 1.68. The third kappa shape index (κ3) is 4.20. The zero-order chi connectivity index (χ0) is 22.2. The molecule has 1 amide bonds. The summed E-state index contributed by atoms with van der Waals surface area (Å²) in [5.41, 5.74) is 3.56. The Morgan fingerprint density at radius 1 is 1.06 bits per heavy atom. The van der Waals surface area contributed by atoms with E-state index >= 15 is 0 Å². The fourth-order valence-electron chi connectivity index (χ4n) is 3.39. The van der Waals surface area contributed by atoms with Crippen LogP contribution in [-0.2, 0) is 9.84 Å². The number of nitrogens with one attached hydrogen (secondary N) is 1. The van der Waals surface area contributed by atoms with Gasteiger partial charge in [-0.25, -0.2) is 13.4 Å². The van der Waals surface area contributed by atoms with Crippen LogP contribution in [0.5, 0.6) is 0 Å². The summed E-state index contributed by atoms with van der Waals surface area (Å²) in [6, 6.07) is 17.4. The lowest BCUT2D eigenvalue weighted by atomic mass is 10.0. The first-order chi connectivity index (χ1) is 14.7. The van der Waals surface area contributed by atoms with Gasteiger partial charge in [0.05, 0.1) is 33.3 Å². The van der Waals surface area contributed by atoms with Crippen molar-refractivity contribution in [2.75, 3.05) is 6.26 Å². The largest absolute Gasteiger partial charge is 0.345 e. The first kappa shape index (κ1) is 20.7. The Kier molecular flexibility index (Phi) is 5.32. The molecule has 4 aromatic rings. The molecule has 1 unspecified atom stereocenters. The molecule has 0 radical (unpaired) electrons. The molecule has 0 saturated carbocycles. The second-order valence-electron chi connectivity index (χ2n) is 7.41. The van der Waals surface area contributed by atoms with Crippen LogP contribution in [0.3, 0.4) is 0 Å². The van der Waals surface area contributed by atoms with Gasteiger partial charge in [0.15, 0.2) is 9.84 Å². The van der Waals surface area contributed by atoms with Crippen molar-refractivity contribution in [3.63, 3.8) is 0 Å². The summed E-state index contributed by atoms with van der Waals surface area (Å²) in [7, 11) is -3.28. The molecule has 2 aromatic carbocycles. The number of hydrogen-bond acceptors (Lipinski definition) is 6. The molecule has 7 nitrogen and oxygen atoms in total. The summed E-state index contributed by atoms with van der Waals surface area (Å²) in [5.74, 6) is -0.296. The Hall–Kier alpha value is -3.52. The molecular formula is C23H21N3O4S. The number of rotatable bonds is 5. The highest BCUT2D eigenvalue weighted by atomic mass is 32.2. The van der Waals surface area contributed by atoms with E-state index in [1.165, 1.54) is 12.1 Å². The number of carbonyl (C=O) groups is 1. The topological polar surface area (TPSA) is 102 Å². The molecule has 0 aliphatic heterocycles. The molecule has 4 rings (SSSR count). The van der Waals surface area contributed by atoms with Crippen molar-refractivity contribution >= 4 is 26.8 Å². The SMILES string of the molecule is Cc1noc2nc(-c3ccccc3)cc(C(=O)NC(C)c3ccc(S(C)(=O)=O)cc3)c12. The van der Waals surface area contributed by atoms with Gasteiger partial charge in [0.25, 0.3) is 11.6 Å². The minimum atomic E-state index is -3.28. The number of hydrogen-bond donors (Lipinski definition) is 1. The number of benzene rings is 2. The van der Waals surface area contributed by atoms with E-state index in [9.17, 15) is 13.2 Å². The van der Waals surface area contributed by atoms with Gasteiger partial charge in [-0.2, -0.15) is 0 Å². The highest BCUT2D eigenvalue weighted by Gasteiger charge is 2.21. The van der Waals surface area contributed by atoms with Crippen molar-refractivity contribution in [3.05, 3.63) is 77.5 Å². The van der Waals surface area contributed by atoms with Crippen molar-refractivity contribution in [3.8, 4) is 11.3 Å². The molecular weight excluding hydrogens is 414 g/mol. The van der Waals surface area contributed by atoms with Gasteiger partial charge in [-0.1, -0.05) is 47.6 Å². The number of aryl methyl sites for hydroxylation is 1. The molecule has 0 aliphatic carbocycles. The first-order valence-electron chi connectivity index (χ1n) is 9.67. The lowest BCUT2D eigenvalue weighted by Gasteiger charge is -2.15. The van der Waals surface area contributed by atoms with Crippen molar-refractivity contribution in [1.29, 1.82) is 0 Å². The Morgan fingerprint density at radius 3 is 2.39 bits per heavy atom. The average molecular weight is 436 g/mol. The third-order valence-electron chi connectivity index (χ3n) is 5.09. The highest BCUT2D eigenvalue weighted by Crippen LogP contribution is 2.27. The lowest BCUT2D eigenvalue weighted by molar-refractivity contribution is 0.0941. The van der Waals surface area contributed by atoms with Crippen LogP contribution in [0.25, 0.3) is 22.4 Å². The quantitative estimate of drug-likeness (QED) is 0.506. The smallest absolute Gasteiger partial charge is 0.259 e. The standard InChI is InChI=1S/C23H21N3O4S/c1-14(16-9-11-18(12-10-16)31(3,28)29)24-22(27)19-13-20(17-7-5-4-6-8-17)25-23-21(19)15(2)26-30-23/h4-14H,1-3H3,(H,24,27). The molecule has 31 heavy (non-hydrogen) atoms. The number of carbonyl (C=O) groups excluding carboxylic acids is 1. The summed E-state index contributed by atoms with van der Waals surface area (Å²) in [6.45, 7) is 3.60. The Bertz CT molecular complexity index is 1360. The molecule has 0 aliphatic rings. The van der Waals surface area contributed by atoms with Crippen LogP contribution >= 0.6 is 0 Å². The molecule has 8 heteroatoms. The maximum atomic E-state index is 13.2. The molecule has 2 heterocycles. The lowest BCUT2D eigenvalue weighted by Crippen LogP contribution is -2.27. The van der Waals surface area contributed by atoms with Crippen LogP contribution in [0, 0.1) is 6.92 Å². The molecule has 0 spiro atoms. The number of sulfone groups is 1. The maximum absolute atomic E-state index is 13.2. The van der Waals surface area contributed by atoms with E-state index < -0.39 is 9.84 Å². The van der Waals surface area contributed by atoms with Gasteiger partial charge in [0.1, 0.15) is 0 Å². The monoisotopic (exact) mass is 435 g/mol. The summed E-state index contributed by atoms with van der Waals surface area (Å²) in [5, 5.41) is 7.51. The zero-order valence-electron chi connectivity index (χ0n) is 17.3. The Morgan fingerprint density at radius 2 is 1.74 bits per heavy atom. The predicted octanol–water partition coefficient (Wildman–Crippen LogP) is 4.09. The number of aromatic nitrogens is 2. The van der Waals surface area contributed by atoms with Gasteiger partial charge in [0, 0.05) is 11.8 Å². The molecule has 0 bridgehead atoms. The molecule has 0 fully saturated rings. The van der Waals surface area contributed by atoms with E-state index in [1.807, 2.05) is 37.3 Å². The van der Waals surface area contributed by atoms with Crippen LogP contribution in [-0.4, -0.2) is 30.7 Å². The molecule has 0 saturated heterocycles. The fraction of sp³-hybridized carbons (Fsp3) is 0.174. The first-order valence-corrected chi connectivity index (χ1v) is 11.6. The van der Waals surface area contributed by atoms with Crippen LogP contribution in [0.2, 0.25) is 0 Å². The summed E-state index contributed by atoms with van der Waals surface area (Å²) in [6.07, 6.45) is 1.16. The van der Waals surface area contributed by atoms with E-state index in [2.05, 4.69) is 15.5 Å². The van der Waals surface area contributed by atoms with Crippen molar-refractivity contribution in [2.24, 2.45) is 0 Å². The van der Waals surface area contributed by atoms with E-state index in [-0.39, 0.29) is 16.8 Å². The zero-order valence-corrected chi connectivity index (χ0v) is 18.1. The number of amides is 1. The van der Waals surface area contributed by atoms with Crippen molar-refractivity contribution < 1.29 is 17.7 Å². The van der Waals surface area contributed by atoms with Crippen LogP contribution < -0.4 is 5.32 Å². The maximum Gasteiger partial charge on any atom is 0.259 e. The number of fused-ring (bicyclic) bond motifs is 1. The average Bonchev–Trinajstić information content (AvgIpc) is 3.14. The van der Waals surface area contributed by atoms with Gasteiger partial charge in [0.2, 0.25) is 0 Å². The second-order valence-corrected chi connectivity index (χ2v) is 9.42. The molecule has 1 atom stereocenters. The van der Waals surface area contributed by atoms with Gasteiger partial charge < -0.3 is 9.84 Å². The second kappa shape index (κ2) is 7.96. The summed E-state index contributed by atoms with van der Waals surface area (Å²) in [4.78, 5) is 17.9.